The molecule has 1 aromatic rings. The summed E-state index contributed by atoms with van der Waals surface area (Å²) < 4.78 is 13.9. The fourth-order valence-corrected chi connectivity index (χ4v) is 3.60. The minimum absolute atomic E-state index is 0.182. The van der Waals surface area contributed by atoms with Crippen molar-refractivity contribution in [2.45, 2.75) is 51.7 Å². The highest BCUT2D eigenvalue weighted by atomic mass is 19.1. The molecule has 0 aliphatic carbocycles. The van der Waals surface area contributed by atoms with Crippen LogP contribution in [-0.4, -0.2) is 47.8 Å². The van der Waals surface area contributed by atoms with Crippen LogP contribution in [0.4, 0.5) is 4.39 Å². The lowest BCUT2D eigenvalue weighted by Crippen LogP contribution is -2.47. The van der Waals surface area contributed by atoms with Crippen LogP contribution in [0.25, 0.3) is 0 Å². The van der Waals surface area contributed by atoms with Crippen molar-refractivity contribution in [2.75, 3.05) is 19.6 Å². The Labute approximate surface area is 154 Å². The van der Waals surface area contributed by atoms with Crippen LogP contribution in [0.5, 0.6) is 0 Å². The molecule has 1 saturated heterocycles. The van der Waals surface area contributed by atoms with E-state index in [-0.39, 0.29) is 18.1 Å². The molecular formula is C20H28FN3O2. The second-order valence-electron chi connectivity index (χ2n) is 7.80. The number of nitrogens with zero attached hydrogens (tertiary/aromatic N) is 2. The Balaban J connectivity index is 1.51. The van der Waals surface area contributed by atoms with Gasteiger partial charge in [-0.2, -0.15) is 0 Å². The van der Waals surface area contributed by atoms with Gasteiger partial charge in [0.1, 0.15) is 5.82 Å². The number of carbonyl (C=O) groups excluding carboxylic acids is 1. The maximum Gasteiger partial charge on any atom is 0.267 e. The lowest BCUT2D eigenvalue weighted by atomic mass is 9.93. The highest BCUT2D eigenvalue weighted by Crippen LogP contribution is 2.28. The molecule has 1 amide bonds. The largest absolute Gasteiger partial charge is 0.379 e. The van der Waals surface area contributed by atoms with E-state index >= 15 is 0 Å². The third-order valence-electron chi connectivity index (χ3n) is 5.46. The summed E-state index contributed by atoms with van der Waals surface area (Å²) in [6.07, 6.45) is 2.45. The summed E-state index contributed by atoms with van der Waals surface area (Å²) in [5.41, 5.74) is -0.202. The van der Waals surface area contributed by atoms with Crippen molar-refractivity contribution < 1.29 is 14.0 Å². The molecule has 142 valence electrons. The third kappa shape index (κ3) is 4.06. The van der Waals surface area contributed by atoms with E-state index in [1.807, 2.05) is 0 Å². The minimum atomic E-state index is -1.07. The molecule has 1 aromatic carbocycles. The summed E-state index contributed by atoms with van der Waals surface area (Å²) in [6, 6.07) is 7.00. The van der Waals surface area contributed by atoms with Gasteiger partial charge in [0.2, 0.25) is 5.60 Å². The van der Waals surface area contributed by atoms with Gasteiger partial charge in [0.15, 0.2) is 0 Å². The summed E-state index contributed by atoms with van der Waals surface area (Å²) in [4.78, 5) is 20.5. The number of nitrogens with one attached hydrogen (secondary N) is 1. The molecule has 2 heterocycles. The molecule has 2 aliphatic rings. The molecule has 0 aromatic heterocycles. The Bertz CT molecular complexity index is 683. The molecule has 5 nitrogen and oxygen atoms in total. The van der Waals surface area contributed by atoms with Gasteiger partial charge < -0.3 is 15.1 Å². The van der Waals surface area contributed by atoms with Gasteiger partial charge in [-0.25, -0.2) is 4.39 Å². The summed E-state index contributed by atoms with van der Waals surface area (Å²) in [7, 11) is 0. The zero-order valence-corrected chi connectivity index (χ0v) is 15.8. The smallest absolute Gasteiger partial charge is 0.267 e. The Morgan fingerprint density at radius 1 is 1.38 bits per heavy atom. The number of oxime groups is 1. The van der Waals surface area contributed by atoms with Crippen molar-refractivity contribution in [1.29, 1.82) is 0 Å². The first-order valence-corrected chi connectivity index (χ1v) is 9.41. The second kappa shape index (κ2) is 7.74. The van der Waals surface area contributed by atoms with E-state index < -0.39 is 5.60 Å². The Morgan fingerprint density at radius 2 is 2.08 bits per heavy atom. The van der Waals surface area contributed by atoms with Gasteiger partial charge in [-0.15, -0.1) is 0 Å². The van der Waals surface area contributed by atoms with Gasteiger partial charge in [0.25, 0.3) is 5.91 Å². The molecule has 0 saturated carbocycles. The summed E-state index contributed by atoms with van der Waals surface area (Å²) in [5, 5.41) is 6.99. The zero-order chi connectivity index (χ0) is 18.7. The van der Waals surface area contributed by atoms with Crippen LogP contribution in [0, 0.1) is 11.7 Å². The standard InChI is InChI=1S/C20H28FN3O2/c1-14(2)24-10-8-15(9-11-24)13-22-19(25)20(3)12-18(23-26-20)16-6-4-5-7-17(16)21/h4-7,14-15H,8-13H2,1-3H3,(H,22,25)/t20-/m1/s1. The van der Waals surface area contributed by atoms with Crippen LogP contribution in [0.2, 0.25) is 0 Å². The number of benzene rings is 1. The summed E-state index contributed by atoms with van der Waals surface area (Å²) >= 11 is 0. The van der Waals surface area contributed by atoms with Crippen LogP contribution in [0.3, 0.4) is 0 Å². The lowest BCUT2D eigenvalue weighted by molar-refractivity contribution is -0.142. The molecule has 1 fully saturated rings. The lowest BCUT2D eigenvalue weighted by Gasteiger charge is -2.35. The third-order valence-corrected chi connectivity index (χ3v) is 5.46. The van der Waals surface area contributed by atoms with E-state index in [9.17, 15) is 9.18 Å². The van der Waals surface area contributed by atoms with Gasteiger partial charge in [-0.05, 0) is 58.7 Å². The summed E-state index contributed by atoms with van der Waals surface area (Å²) in [5.74, 6) is -0.0405. The maximum atomic E-state index is 13.9. The Morgan fingerprint density at radius 3 is 2.73 bits per heavy atom. The topological polar surface area (TPSA) is 53.9 Å². The van der Waals surface area contributed by atoms with Crippen molar-refractivity contribution in [3.05, 3.63) is 35.6 Å². The zero-order valence-electron chi connectivity index (χ0n) is 15.8. The van der Waals surface area contributed by atoms with Crippen molar-refractivity contribution in [3.8, 4) is 0 Å². The van der Waals surface area contributed by atoms with Gasteiger partial charge >= 0.3 is 0 Å². The number of rotatable bonds is 5. The van der Waals surface area contributed by atoms with Gasteiger partial charge in [0.05, 0.1) is 5.71 Å². The van der Waals surface area contributed by atoms with Gasteiger partial charge in [-0.1, -0.05) is 23.4 Å². The van der Waals surface area contributed by atoms with Crippen LogP contribution in [0.1, 0.15) is 45.6 Å². The molecule has 6 heteroatoms. The van der Waals surface area contributed by atoms with E-state index in [4.69, 9.17) is 4.84 Å². The Hall–Kier alpha value is -1.95. The van der Waals surface area contributed by atoms with Crippen LogP contribution < -0.4 is 5.32 Å². The fraction of sp³-hybridized carbons (Fsp3) is 0.600. The van der Waals surface area contributed by atoms with Crippen LogP contribution >= 0.6 is 0 Å². The number of halogens is 1. The average molecular weight is 361 g/mol. The van der Waals surface area contributed by atoms with Crippen molar-refractivity contribution in [3.63, 3.8) is 0 Å². The SMILES string of the molecule is CC(C)N1CCC(CNC(=O)[C@@]2(C)CC(c3ccccc3F)=NO2)CC1. The molecule has 1 atom stereocenters. The van der Waals surface area contributed by atoms with E-state index in [0.717, 1.165) is 25.9 Å². The summed E-state index contributed by atoms with van der Waals surface area (Å²) in [6.45, 7) is 8.94. The molecule has 1 N–H and O–H groups in total. The highest BCUT2D eigenvalue weighted by molar-refractivity contribution is 6.05. The van der Waals surface area contributed by atoms with Crippen molar-refractivity contribution in [1.82, 2.24) is 10.2 Å². The van der Waals surface area contributed by atoms with E-state index in [1.165, 1.54) is 6.07 Å². The highest BCUT2D eigenvalue weighted by Gasteiger charge is 2.42. The predicted octanol–water partition coefficient (Wildman–Crippen LogP) is 2.95. The molecule has 26 heavy (non-hydrogen) atoms. The van der Waals surface area contributed by atoms with Crippen molar-refractivity contribution >= 4 is 11.6 Å². The molecule has 3 rings (SSSR count). The Kier molecular flexibility index (Phi) is 5.61. The number of amides is 1. The number of likely N-dealkylation sites (tertiary alicyclic amines) is 1. The quantitative estimate of drug-likeness (QED) is 0.877. The minimum Gasteiger partial charge on any atom is -0.379 e. The van der Waals surface area contributed by atoms with Crippen LogP contribution in [-0.2, 0) is 9.63 Å². The number of hydrogen-bond acceptors (Lipinski definition) is 4. The maximum absolute atomic E-state index is 13.9. The normalized spacial score (nSPS) is 24.4. The van der Waals surface area contributed by atoms with E-state index in [1.54, 1.807) is 25.1 Å². The van der Waals surface area contributed by atoms with E-state index in [2.05, 4.69) is 29.2 Å². The second-order valence-corrected chi connectivity index (χ2v) is 7.80. The monoisotopic (exact) mass is 361 g/mol. The van der Waals surface area contributed by atoms with Crippen molar-refractivity contribution in [2.24, 2.45) is 11.1 Å². The fourth-order valence-electron chi connectivity index (χ4n) is 3.60. The molecule has 0 radical (unpaired) electrons. The first-order valence-electron chi connectivity index (χ1n) is 9.41. The van der Waals surface area contributed by atoms with E-state index in [0.29, 0.717) is 29.8 Å². The molecule has 2 aliphatic heterocycles. The molecular weight excluding hydrogens is 333 g/mol. The molecule has 0 unspecified atom stereocenters. The molecule has 0 bridgehead atoms. The average Bonchev–Trinajstić information content (AvgIpc) is 3.03. The number of piperidine rings is 1. The first-order chi connectivity index (χ1) is 12.4. The number of hydrogen-bond donors (Lipinski definition) is 1. The number of carbonyl (C=O) groups is 1. The predicted molar refractivity (Wildman–Crippen MR) is 99.5 cm³/mol. The first kappa shape index (κ1) is 18.8. The van der Waals surface area contributed by atoms with Crippen LogP contribution in [0.15, 0.2) is 29.4 Å². The molecule has 0 spiro atoms. The van der Waals surface area contributed by atoms with Gasteiger partial charge in [0, 0.05) is 24.6 Å². The van der Waals surface area contributed by atoms with Gasteiger partial charge in [-0.3, -0.25) is 4.79 Å².